The number of hydrogen-bond donors (Lipinski definition) is 2. The number of pyridine rings is 1. The first kappa shape index (κ1) is 24.4. The minimum Gasteiger partial charge on any atom is -0.385 e. The zero-order chi connectivity index (χ0) is 23.2. The lowest BCUT2D eigenvalue weighted by Crippen LogP contribution is -2.26. The molecule has 0 radical (unpaired) electrons. The van der Waals surface area contributed by atoms with E-state index >= 15 is 0 Å². The molecule has 178 valence electrons. The summed E-state index contributed by atoms with van der Waals surface area (Å²) >= 11 is 13.1. The zero-order valence-electron chi connectivity index (χ0n) is 18.9. The van der Waals surface area contributed by atoms with Crippen molar-refractivity contribution < 1.29 is 14.3 Å². The number of ketones is 1. The first-order chi connectivity index (χ1) is 16.0. The molecule has 2 saturated heterocycles. The maximum Gasteiger partial charge on any atom is 0.143 e. The van der Waals surface area contributed by atoms with Gasteiger partial charge in [-0.3, -0.25) is 9.78 Å². The molecular formula is C25H31Cl2N3O3. The Kier molecular flexibility index (Phi) is 8.61. The van der Waals surface area contributed by atoms with Gasteiger partial charge in [-0.15, -0.1) is 0 Å². The Balaban J connectivity index is 1.46. The van der Waals surface area contributed by atoms with E-state index in [-0.39, 0.29) is 24.2 Å². The van der Waals surface area contributed by atoms with Gasteiger partial charge in [0, 0.05) is 85.5 Å². The molecule has 33 heavy (non-hydrogen) atoms. The molecule has 0 aliphatic carbocycles. The number of aromatic nitrogens is 1. The Morgan fingerprint density at radius 2 is 2.00 bits per heavy atom. The molecule has 2 aliphatic rings. The number of benzene rings is 1. The Morgan fingerprint density at radius 3 is 2.79 bits per heavy atom. The zero-order valence-corrected chi connectivity index (χ0v) is 20.4. The van der Waals surface area contributed by atoms with Crippen molar-refractivity contribution in [3.05, 3.63) is 46.2 Å². The number of anilines is 1. The van der Waals surface area contributed by atoms with E-state index in [4.69, 9.17) is 32.7 Å². The number of nitrogens with one attached hydrogen (secondary N) is 2. The van der Waals surface area contributed by atoms with Crippen molar-refractivity contribution in [1.82, 2.24) is 10.3 Å². The predicted octanol–water partition coefficient (Wildman–Crippen LogP) is 4.63. The van der Waals surface area contributed by atoms with E-state index in [2.05, 4.69) is 15.6 Å². The quantitative estimate of drug-likeness (QED) is 0.532. The van der Waals surface area contributed by atoms with Crippen molar-refractivity contribution >= 4 is 34.7 Å². The average Bonchev–Trinajstić information content (AvgIpc) is 3.30. The molecule has 4 rings (SSSR count). The molecule has 2 atom stereocenters. The van der Waals surface area contributed by atoms with Gasteiger partial charge in [0.2, 0.25) is 0 Å². The number of ether oxygens (including phenoxy) is 2. The highest BCUT2D eigenvalue weighted by atomic mass is 35.5. The number of nitrogens with zero attached hydrogens (tertiary/aromatic N) is 1. The first-order valence-electron chi connectivity index (χ1n) is 11.5. The molecule has 0 spiro atoms. The number of halogens is 2. The summed E-state index contributed by atoms with van der Waals surface area (Å²) < 4.78 is 10.6. The van der Waals surface area contributed by atoms with Gasteiger partial charge >= 0.3 is 0 Å². The average molecular weight is 492 g/mol. The van der Waals surface area contributed by atoms with Gasteiger partial charge < -0.3 is 20.1 Å². The van der Waals surface area contributed by atoms with Crippen LogP contribution in [0, 0.1) is 11.8 Å². The Labute approximate surface area is 205 Å². The van der Waals surface area contributed by atoms with E-state index < -0.39 is 0 Å². The fourth-order valence-electron chi connectivity index (χ4n) is 4.55. The summed E-state index contributed by atoms with van der Waals surface area (Å²) in [5.41, 5.74) is 3.31. The molecular weight excluding hydrogens is 461 g/mol. The van der Waals surface area contributed by atoms with Gasteiger partial charge in [-0.1, -0.05) is 23.2 Å². The lowest BCUT2D eigenvalue weighted by Gasteiger charge is -2.23. The third-order valence-corrected chi connectivity index (χ3v) is 7.14. The van der Waals surface area contributed by atoms with Crippen LogP contribution < -0.4 is 10.6 Å². The topological polar surface area (TPSA) is 72.5 Å². The van der Waals surface area contributed by atoms with E-state index in [0.29, 0.717) is 34.8 Å². The second kappa shape index (κ2) is 11.6. The number of Topliss-reactive ketones (excluding diaryl/α,β-unsaturated/α-hetero) is 1. The van der Waals surface area contributed by atoms with Gasteiger partial charge in [-0.2, -0.15) is 0 Å². The van der Waals surface area contributed by atoms with Gasteiger partial charge in [0.15, 0.2) is 0 Å². The van der Waals surface area contributed by atoms with Gasteiger partial charge in [0.1, 0.15) is 5.78 Å². The monoisotopic (exact) mass is 491 g/mol. The van der Waals surface area contributed by atoms with Crippen molar-refractivity contribution in [3.8, 4) is 11.1 Å². The summed E-state index contributed by atoms with van der Waals surface area (Å²) in [7, 11) is 1.68. The van der Waals surface area contributed by atoms with E-state index in [9.17, 15) is 4.79 Å². The SMILES string of the molecule is COC[C@H]1C[C@@H](C(=O)Cc2cc(-c3cc(NCC4CCOCC4)ccc3Cl)c(Cl)cn2)CN1. The highest BCUT2D eigenvalue weighted by Crippen LogP contribution is 2.35. The number of carbonyl (C=O) groups excluding carboxylic acids is 1. The van der Waals surface area contributed by atoms with Crippen LogP contribution >= 0.6 is 23.2 Å². The summed E-state index contributed by atoms with van der Waals surface area (Å²) in [6, 6.07) is 8.00. The molecule has 2 aromatic rings. The molecule has 0 bridgehead atoms. The molecule has 6 nitrogen and oxygen atoms in total. The van der Waals surface area contributed by atoms with Crippen LogP contribution in [0.3, 0.4) is 0 Å². The molecule has 2 N–H and O–H groups in total. The van der Waals surface area contributed by atoms with E-state index in [1.165, 1.54) is 0 Å². The standard InChI is InChI=1S/C25H31Cl2N3O3/c1-32-15-20-8-17(13-29-20)25(31)11-19-10-22(24(27)14-30-19)21-9-18(2-3-23(21)26)28-12-16-4-6-33-7-5-16/h2-3,9-10,14,16-17,20,28-29H,4-8,11-13,15H2,1H3/t17-,20-/m1/s1. The number of rotatable bonds is 9. The van der Waals surface area contributed by atoms with Crippen LogP contribution in [0.4, 0.5) is 5.69 Å². The summed E-state index contributed by atoms with van der Waals surface area (Å²) in [5, 5.41) is 8.00. The summed E-state index contributed by atoms with van der Waals surface area (Å²) in [5.74, 6) is 0.765. The first-order valence-corrected chi connectivity index (χ1v) is 12.3. The van der Waals surface area contributed by atoms with Gasteiger partial charge in [0.05, 0.1) is 11.6 Å². The Hall–Kier alpha value is -1.70. The maximum absolute atomic E-state index is 12.9. The number of hydrogen-bond acceptors (Lipinski definition) is 6. The second-order valence-electron chi connectivity index (χ2n) is 8.92. The molecule has 1 aromatic heterocycles. The maximum atomic E-state index is 12.9. The van der Waals surface area contributed by atoms with E-state index in [1.54, 1.807) is 13.3 Å². The predicted molar refractivity (Wildman–Crippen MR) is 132 cm³/mol. The smallest absolute Gasteiger partial charge is 0.143 e. The van der Waals surface area contributed by atoms with E-state index in [0.717, 1.165) is 55.8 Å². The summed E-state index contributed by atoms with van der Waals surface area (Å²) in [6.45, 7) is 3.85. The molecule has 0 unspecified atom stereocenters. The molecule has 0 amide bonds. The molecule has 2 fully saturated rings. The fraction of sp³-hybridized carbons (Fsp3) is 0.520. The van der Waals surface area contributed by atoms with Gasteiger partial charge in [-0.25, -0.2) is 0 Å². The molecule has 1 aromatic carbocycles. The molecule has 0 saturated carbocycles. The lowest BCUT2D eigenvalue weighted by atomic mass is 9.96. The number of methoxy groups -OCH3 is 1. The van der Waals surface area contributed by atoms with E-state index in [1.807, 2.05) is 24.3 Å². The van der Waals surface area contributed by atoms with Crippen molar-refractivity contribution in [2.45, 2.75) is 31.7 Å². The van der Waals surface area contributed by atoms with Crippen LogP contribution in [0.15, 0.2) is 30.5 Å². The summed E-state index contributed by atoms with van der Waals surface area (Å²) in [4.78, 5) is 17.3. The van der Waals surface area contributed by atoms with Crippen LogP contribution in [0.25, 0.3) is 11.1 Å². The van der Waals surface area contributed by atoms with Crippen LogP contribution in [0.5, 0.6) is 0 Å². The van der Waals surface area contributed by atoms with Crippen molar-refractivity contribution in [1.29, 1.82) is 0 Å². The molecule has 8 heteroatoms. The third-order valence-electron chi connectivity index (χ3n) is 6.50. The van der Waals surface area contributed by atoms with Crippen LogP contribution in [0.2, 0.25) is 10.0 Å². The van der Waals surface area contributed by atoms with Crippen LogP contribution in [0.1, 0.15) is 25.0 Å². The Bertz CT molecular complexity index is 966. The van der Waals surface area contributed by atoms with Crippen LogP contribution in [-0.4, -0.2) is 56.8 Å². The minimum atomic E-state index is -0.0209. The fourth-order valence-corrected chi connectivity index (χ4v) is 4.98. The van der Waals surface area contributed by atoms with Crippen molar-refractivity contribution in [3.63, 3.8) is 0 Å². The van der Waals surface area contributed by atoms with Crippen molar-refractivity contribution in [2.24, 2.45) is 11.8 Å². The normalized spacial score (nSPS) is 21.3. The minimum absolute atomic E-state index is 0.0209. The summed E-state index contributed by atoms with van der Waals surface area (Å²) in [6.07, 6.45) is 4.82. The van der Waals surface area contributed by atoms with Gasteiger partial charge in [0.25, 0.3) is 0 Å². The highest BCUT2D eigenvalue weighted by Gasteiger charge is 2.29. The molecule has 2 aliphatic heterocycles. The largest absolute Gasteiger partial charge is 0.385 e. The molecule has 3 heterocycles. The van der Waals surface area contributed by atoms with Gasteiger partial charge in [-0.05, 0) is 49.4 Å². The lowest BCUT2D eigenvalue weighted by molar-refractivity contribution is -0.121. The number of carbonyl (C=O) groups is 1. The second-order valence-corrected chi connectivity index (χ2v) is 9.74. The highest BCUT2D eigenvalue weighted by molar-refractivity contribution is 6.36. The Morgan fingerprint density at radius 1 is 1.21 bits per heavy atom. The van der Waals surface area contributed by atoms with Crippen LogP contribution in [-0.2, 0) is 20.7 Å². The van der Waals surface area contributed by atoms with Crippen molar-refractivity contribution in [2.75, 3.05) is 45.3 Å². The third kappa shape index (κ3) is 6.46.